The topological polar surface area (TPSA) is 59.1 Å². The number of hydrogen-bond acceptors (Lipinski definition) is 3. The predicted molar refractivity (Wildman–Crippen MR) is 102 cm³/mol. The Balaban J connectivity index is 1.92. The van der Waals surface area contributed by atoms with E-state index in [0.717, 1.165) is 6.07 Å². The van der Waals surface area contributed by atoms with E-state index in [1.807, 2.05) is 0 Å². The van der Waals surface area contributed by atoms with Gasteiger partial charge in [-0.15, -0.1) is 0 Å². The third-order valence-electron chi connectivity index (χ3n) is 4.05. The van der Waals surface area contributed by atoms with Gasteiger partial charge in [0.05, 0.1) is 10.5 Å². The molecule has 1 heterocycles. The monoisotopic (exact) mass is 426 g/mol. The van der Waals surface area contributed by atoms with Gasteiger partial charge in [-0.05, 0) is 48.4 Å². The number of sulfonamides is 1. The second-order valence-electron chi connectivity index (χ2n) is 5.94. The Morgan fingerprint density at radius 3 is 2.36 bits per heavy atom. The molecule has 0 aliphatic heterocycles. The van der Waals surface area contributed by atoms with Crippen LogP contribution in [-0.4, -0.2) is 13.4 Å². The van der Waals surface area contributed by atoms with Gasteiger partial charge < -0.3 is 0 Å². The van der Waals surface area contributed by atoms with Crippen molar-refractivity contribution in [2.24, 2.45) is 0 Å². The van der Waals surface area contributed by atoms with E-state index in [-0.39, 0.29) is 21.8 Å². The molecule has 0 amide bonds. The summed E-state index contributed by atoms with van der Waals surface area (Å²) in [6.07, 6.45) is -3.33. The average molecular weight is 427 g/mol. The molecule has 1 N–H and O–H groups in total. The number of pyridine rings is 1. The second kappa shape index (κ2) is 7.44. The maximum atomic E-state index is 13.2. The number of hydrogen-bond donors (Lipinski definition) is 1. The third kappa shape index (κ3) is 4.13. The number of benzene rings is 2. The maximum absolute atomic E-state index is 13.2. The van der Waals surface area contributed by atoms with Gasteiger partial charge in [-0.25, -0.2) is 13.4 Å². The van der Waals surface area contributed by atoms with Gasteiger partial charge in [0.2, 0.25) is 0 Å². The quantitative estimate of drug-likeness (QED) is 0.596. The highest BCUT2D eigenvalue weighted by molar-refractivity contribution is 7.92. The Kier molecular flexibility index (Phi) is 5.36. The Hall–Kier alpha value is -2.58. The fourth-order valence-corrected chi connectivity index (χ4v) is 4.17. The summed E-state index contributed by atoms with van der Waals surface area (Å²) >= 11 is 5.96. The van der Waals surface area contributed by atoms with Crippen LogP contribution < -0.4 is 4.72 Å². The molecule has 2 aromatic carbocycles. The Labute approximate surface area is 165 Å². The highest BCUT2D eigenvalue weighted by Crippen LogP contribution is 2.36. The molecule has 0 atom stereocenters. The van der Waals surface area contributed by atoms with E-state index in [0.29, 0.717) is 10.6 Å². The molecule has 146 valence electrons. The van der Waals surface area contributed by atoms with Crippen LogP contribution in [0.4, 0.5) is 19.0 Å². The second-order valence-corrected chi connectivity index (χ2v) is 8.00. The van der Waals surface area contributed by atoms with Crippen molar-refractivity contribution in [1.82, 2.24) is 4.98 Å². The minimum absolute atomic E-state index is 0.00621. The van der Waals surface area contributed by atoms with Crippen LogP contribution in [0.25, 0.3) is 11.1 Å². The fourth-order valence-electron chi connectivity index (χ4n) is 2.67. The lowest BCUT2D eigenvalue weighted by Gasteiger charge is -2.13. The molecular weight excluding hydrogens is 413 g/mol. The van der Waals surface area contributed by atoms with Gasteiger partial charge >= 0.3 is 6.18 Å². The summed E-state index contributed by atoms with van der Waals surface area (Å²) in [4.78, 5) is 3.94. The van der Waals surface area contributed by atoms with Crippen LogP contribution in [0, 0.1) is 6.92 Å². The largest absolute Gasteiger partial charge is 0.417 e. The normalized spacial score (nSPS) is 12.0. The lowest BCUT2D eigenvalue weighted by molar-refractivity contribution is -0.137. The number of aromatic nitrogens is 1. The summed E-state index contributed by atoms with van der Waals surface area (Å²) in [5.74, 6) is -0.0207. The fraction of sp³-hybridized carbons (Fsp3) is 0.105. The molecule has 1 aromatic heterocycles. The SMILES string of the molecule is Cc1c(Cl)cccc1S(=O)(=O)Nc1ccc(-c2ccccc2C(F)(F)F)cn1. The van der Waals surface area contributed by atoms with E-state index >= 15 is 0 Å². The van der Waals surface area contributed by atoms with Gasteiger partial charge in [0.15, 0.2) is 0 Å². The van der Waals surface area contributed by atoms with Crippen molar-refractivity contribution in [3.05, 3.63) is 76.9 Å². The minimum atomic E-state index is -4.51. The number of halogens is 4. The van der Waals surface area contributed by atoms with Crippen LogP contribution in [0.5, 0.6) is 0 Å². The van der Waals surface area contributed by atoms with Gasteiger partial charge in [-0.3, -0.25) is 4.72 Å². The molecule has 0 saturated heterocycles. The highest BCUT2D eigenvalue weighted by atomic mass is 35.5. The first-order valence-corrected chi connectivity index (χ1v) is 9.86. The number of alkyl halides is 3. The zero-order valence-electron chi connectivity index (χ0n) is 14.5. The van der Waals surface area contributed by atoms with Gasteiger partial charge in [-0.2, -0.15) is 13.2 Å². The maximum Gasteiger partial charge on any atom is 0.417 e. The van der Waals surface area contributed by atoms with Crippen molar-refractivity contribution in [3.8, 4) is 11.1 Å². The first-order chi connectivity index (χ1) is 13.1. The molecular formula is C19H14ClF3N2O2S. The smallest absolute Gasteiger partial charge is 0.263 e. The van der Waals surface area contributed by atoms with Crippen molar-refractivity contribution in [1.29, 1.82) is 0 Å². The van der Waals surface area contributed by atoms with Crippen molar-refractivity contribution in [2.75, 3.05) is 4.72 Å². The summed E-state index contributed by atoms with van der Waals surface area (Å²) in [6, 6.07) is 12.3. The van der Waals surface area contributed by atoms with E-state index in [1.165, 1.54) is 48.7 Å². The third-order valence-corrected chi connectivity index (χ3v) is 5.96. The Morgan fingerprint density at radius 1 is 1.00 bits per heavy atom. The number of rotatable bonds is 4. The number of nitrogens with one attached hydrogen (secondary N) is 1. The molecule has 0 saturated carbocycles. The van der Waals surface area contributed by atoms with Crippen LogP contribution in [-0.2, 0) is 16.2 Å². The summed E-state index contributed by atoms with van der Waals surface area (Å²) in [7, 11) is -3.95. The highest BCUT2D eigenvalue weighted by Gasteiger charge is 2.33. The molecule has 0 spiro atoms. The average Bonchev–Trinajstić information content (AvgIpc) is 2.63. The van der Waals surface area contributed by atoms with Crippen LogP contribution in [0.15, 0.2) is 65.7 Å². The Morgan fingerprint density at radius 2 is 1.71 bits per heavy atom. The van der Waals surface area contributed by atoms with Crippen LogP contribution in [0.1, 0.15) is 11.1 Å². The van der Waals surface area contributed by atoms with E-state index in [4.69, 9.17) is 11.6 Å². The zero-order valence-corrected chi connectivity index (χ0v) is 16.0. The molecule has 4 nitrogen and oxygen atoms in total. The van der Waals surface area contributed by atoms with E-state index in [9.17, 15) is 21.6 Å². The van der Waals surface area contributed by atoms with E-state index in [1.54, 1.807) is 13.0 Å². The van der Waals surface area contributed by atoms with Crippen LogP contribution in [0.2, 0.25) is 5.02 Å². The molecule has 28 heavy (non-hydrogen) atoms. The molecule has 0 fully saturated rings. The molecule has 3 rings (SSSR count). The van der Waals surface area contributed by atoms with E-state index in [2.05, 4.69) is 9.71 Å². The first-order valence-electron chi connectivity index (χ1n) is 8.00. The lowest BCUT2D eigenvalue weighted by atomic mass is 10.0. The van der Waals surface area contributed by atoms with Crippen LogP contribution in [0.3, 0.4) is 0 Å². The minimum Gasteiger partial charge on any atom is -0.263 e. The molecule has 0 aliphatic rings. The van der Waals surface area contributed by atoms with Gasteiger partial charge in [0.1, 0.15) is 5.82 Å². The standard InChI is InChI=1S/C19H14ClF3N2O2S/c1-12-16(20)7-4-8-17(12)28(26,27)25-18-10-9-13(11-24-18)14-5-2-3-6-15(14)19(21,22)23/h2-11H,1H3,(H,24,25). The summed E-state index contributed by atoms with van der Waals surface area (Å²) in [5, 5.41) is 0.301. The molecule has 9 heteroatoms. The van der Waals surface area contributed by atoms with Crippen LogP contribution >= 0.6 is 11.6 Å². The molecule has 0 bridgehead atoms. The van der Waals surface area contributed by atoms with Gasteiger partial charge in [0, 0.05) is 16.8 Å². The first kappa shape index (κ1) is 20.2. The summed E-state index contributed by atoms with van der Waals surface area (Å²) in [6.45, 7) is 1.57. The predicted octanol–water partition coefficient (Wildman–Crippen LogP) is 5.53. The molecule has 0 radical (unpaired) electrons. The van der Waals surface area contributed by atoms with Gasteiger partial charge in [-0.1, -0.05) is 35.9 Å². The summed E-state index contributed by atoms with van der Waals surface area (Å²) < 4.78 is 66.9. The lowest BCUT2D eigenvalue weighted by Crippen LogP contribution is -2.15. The van der Waals surface area contributed by atoms with Crippen molar-refractivity contribution < 1.29 is 21.6 Å². The zero-order chi connectivity index (χ0) is 20.5. The van der Waals surface area contributed by atoms with Crippen molar-refractivity contribution >= 4 is 27.4 Å². The van der Waals surface area contributed by atoms with Crippen molar-refractivity contribution in [3.63, 3.8) is 0 Å². The van der Waals surface area contributed by atoms with Crippen molar-refractivity contribution in [2.45, 2.75) is 18.0 Å². The number of nitrogens with zero attached hydrogens (tertiary/aromatic N) is 1. The molecule has 0 unspecified atom stereocenters. The molecule has 3 aromatic rings. The number of anilines is 1. The molecule has 0 aliphatic carbocycles. The Bertz CT molecular complexity index is 1110. The van der Waals surface area contributed by atoms with E-state index < -0.39 is 21.8 Å². The van der Waals surface area contributed by atoms with Gasteiger partial charge in [0.25, 0.3) is 10.0 Å². The summed E-state index contributed by atoms with van der Waals surface area (Å²) in [5.41, 5.74) is -0.232.